The summed E-state index contributed by atoms with van der Waals surface area (Å²) in [6.45, 7) is 6.97. The predicted octanol–water partition coefficient (Wildman–Crippen LogP) is 3.04. The van der Waals surface area contributed by atoms with Gasteiger partial charge >= 0.3 is 0 Å². The van der Waals surface area contributed by atoms with Gasteiger partial charge in [0.1, 0.15) is 0 Å². The lowest BCUT2D eigenvalue weighted by Gasteiger charge is -2.41. The molecule has 1 aromatic carbocycles. The van der Waals surface area contributed by atoms with E-state index in [9.17, 15) is 13.2 Å². The molecule has 1 aliphatic carbocycles. The summed E-state index contributed by atoms with van der Waals surface area (Å²) in [6.07, 6.45) is 3.42. The van der Waals surface area contributed by atoms with Gasteiger partial charge in [-0.2, -0.15) is 0 Å². The van der Waals surface area contributed by atoms with Gasteiger partial charge in [0.15, 0.2) is 9.84 Å². The fourth-order valence-corrected chi connectivity index (χ4v) is 5.82. The smallest absolute Gasteiger partial charge is 0.254 e. The topological polar surface area (TPSA) is 63.7 Å². The molecular weight excluding hydrogens is 338 g/mol. The maximum absolute atomic E-state index is 12.8. The Morgan fingerprint density at radius 3 is 2.32 bits per heavy atom. The van der Waals surface area contributed by atoms with Crippen molar-refractivity contribution in [1.82, 2.24) is 4.90 Å². The Labute approximate surface area is 150 Å². The van der Waals surface area contributed by atoms with Gasteiger partial charge in [0.2, 0.25) is 0 Å². The number of carbonyl (C=O) groups excluding carboxylic acids is 1. The third-order valence-electron chi connectivity index (χ3n) is 5.03. The highest BCUT2D eigenvalue weighted by Crippen LogP contribution is 2.30. The van der Waals surface area contributed by atoms with Crippen LogP contribution in [0.2, 0.25) is 0 Å². The molecule has 1 saturated heterocycles. The summed E-state index contributed by atoms with van der Waals surface area (Å²) < 4.78 is 31.1. The fraction of sp³-hybridized carbons (Fsp3) is 0.632. The second-order valence-electron chi connectivity index (χ2n) is 7.85. The summed E-state index contributed by atoms with van der Waals surface area (Å²) in [5.41, 5.74) is 0.147. The van der Waals surface area contributed by atoms with Crippen LogP contribution in [0.1, 0.15) is 56.8 Å². The van der Waals surface area contributed by atoms with Crippen LogP contribution in [0.25, 0.3) is 0 Å². The lowest BCUT2D eigenvalue weighted by Crippen LogP contribution is -2.53. The number of sulfone groups is 1. The Balaban J connectivity index is 1.77. The zero-order chi connectivity index (χ0) is 18.2. The Hall–Kier alpha value is -1.40. The van der Waals surface area contributed by atoms with Crippen LogP contribution in [-0.4, -0.2) is 49.3 Å². The third-order valence-corrected chi connectivity index (χ3v) is 7.31. The van der Waals surface area contributed by atoms with Gasteiger partial charge in [-0.15, -0.1) is 0 Å². The van der Waals surface area contributed by atoms with Crippen LogP contribution in [0.4, 0.5) is 0 Å². The number of hydrogen-bond donors (Lipinski definition) is 0. The van der Waals surface area contributed by atoms with Crippen LogP contribution in [0, 0.1) is 0 Å². The molecule has 138 valence electrons. The molecule has 0 aromatic heterocycles. The van der Waals surface area contributed by atoms with E-state index in [-0.39, 0.29) is 22.9 Å². The van der Waals surface area contributed by atoms with Gasteiger partial charge in [-0.3, -0.25) is 4.79 Å². The monoisotopic (exact) mass is 365 g/mol. The minimum Gasteiger partial charge on any atom is -0.369 e. The second-order valence-corrected chi connectivity index (χ2v) is 10.1. The van der Waals surface area contributed by atoms with Crippen molar-refractivity contribution in [1.29, 1.82) is 0 Å². The Kier molecular flexibility index (Phi) is 4.95. The summed E-state index contributed by atoms with van der Waals surface area (Å²) in [5.74, 6) is -0.0759. The normalized spacial score (nSPS) is 24.4. The van der Waals surface area contributed by atoms with Crippen LogP contribution < -0.4 is 0 Å². The Bertz CT molecular complexity index is 733. The first kappa shape index (κ1) is 18.4. The molecule has 1 amide bonds. The number of benzene rings is 1. The van der Waals surface area contributed by atoms with Crippen molar-refractivity contribution < 1.29 is 17.9 Å². The largest absolute Gasteiger partial charge is 0.369 e. The summed E-state index contributed by atoms with van der Waals surface area (Å²) >= 11 is 0. The van der Waals surface area contributed by atoms with Gasteiger partial charge in [-0.25, -0.2) is 8.42 Å². The fourth-order valence-electron chi connectivity index (χ4n) is 3.97. The van der Waals surface area contributed by atoms with E-state index < -0.39 is 9.84 Å². The first-order valence-corrected chi connectivity index (χ1v) is 10.5. The highest BCUT2D eigenvalue weighted by Gasteiger charge is 2.34. The Morgan fingerprint density at radius 1 is 1.16 bits per heavy atom. The first-order valence-electron chi connectivity index (χ1n) is 9.00. The maximum atomic E-state index is 12.8. The van der Waals surface area contributed by atoms with Crippen LogP contribution in [0.5, 0.6) is 0 Å². The van der Waals surface area contributed by atoms with Gasteiger partial charge in [0.25, 0.3) is 5.91 Å². The summed E-state index contributed by atoms with van der Waals surface area (Å²) in [5, 5.41) is -0.269. The molecule has 0 radical (unpaired) electrons. The highest BCUT2D eigenvalue weighted by atomic mass is 32.2. The number of morpholine rings is 1. The van der Waals surface area contributed by atoms with Crippen molar-refractivity contribution in [2.75, 3.05) is 13.1 Å². The van der Waals surface area contributed by atoms with Crippen LogP contribution >= 0.6 is 0 Å². The number of carbonyl (C=O) groups is 1. The van der Waals surface area contributed by atoms with Gasteiger partial charge in [0.05, 0.1) is 21.9 Å². The molecule has 3 rings (SSSR count). The average molecular weight is 365 g/mol. The summed E-state index contributed by atoms with van der Waals surface area (Å²) in [6, 6.07) is 6.43. The number of rotatable bonds is 3. The van der Waals surface area contributed by atoms with Crippen molar-refractivity contribution >= 4 is 15.7 Å². The van der Waals surface area contributed by atoms with Crippen molar-refractivity contribution in [3.05, 3.63) is 29.8 Å². The molecule has 1 aliphatic heterocycles. The lowest BCUT2D eigenvalue weighted by atomic mass is 10.0. The number of amides is 1. The molecule has 2 fully saturated rings. The number of hydrogen-bond acceptors (Lipinski definition) is 4. The second kappa shape index (κ2) is 6.72. The van der Waals surface area contributed by atoms with E-state index in [0.29, 0.717) is 23.5 Å². The predicted molar refractivity (Wildman–Crippen MR) is 96.4 cm³/mol. The first-order chi connectivity index (χ1) is 11.7. The van der Waals surface area contributed by atoms with Gasteiger partial charge in [-0.05, 0) is 57.9 Å². The van der Waals surface area contributed by atoms with Crippen LogP contribution in [-0.2, 0) is 14.6 Å². The summed E-state index contributed by atoms with van der Waals surface area (Å²) in [4.78, 5) is 14.9. The van der Waals surface area contributed by atoms with E-state index in [4.69, 9.17) is 4.74 Å². The maximum Gasteiger partial charge on any atom is 0.254 e. The molecule has 5 nitrogen and oxygen atoms in total. The van der Waals surface area contributed by atoms with Crippen molar-refractivity contribution in [2.45, 2.75) is 68.3 Å². The van der Waals surface area contributed by atoms with Crippen molar-refractivity contribution in [2.24, 2.45) is 0 Å². The van der Waals surface area contributed by atoms with Gasteiger partial charge in [-0.1, -0.05) is 12.8 Å². The van der Waals surface area contributed by atoms with Gasteiger partial charge in [0, 0.05) is 18.7 Å². The van der Waals surface area contributed by atoms with E-state index in [2.05, 4.69) is 0 Å². The lowest BCUT2D eigenvalue weighted by molar-refractivity contribution is -0.118. The quantitative estimate of drug-likeness (QED) is 0.826. The highest BCUT2D eigenvalue weighted by molar-refractivity contribution is 7.92. The molecule has 1 aromatic rings. The molecule has 1 saturated carbocycles. The number of ether oxygens (including phenoxy) is 1. The van der Waals surface area contributed by atoms with E-state index in [1.165, 1.54) is 0 Å². The molecular formula is C19H27NO4S. The molecule has 25 heavy (non-hydrogen) atoms. The van der Waals surface area contributed by atoms with E-state index in [1.54, 1.807) is 29.2 Å². The summed E-state index contributed by atoms with van der Waals surface area (Å²) in [7, 11) is -3.28. The third kappa shape index (κ3) is 3.90. The van der Waals surface area contributed by atoms with Gasteiger partial charge < -0.3 is 9.64 Å². The number of nitrogens with zero attached hydrogens (tertiary/aromatic N) is 1. The molecule has 2 aliphatic rings. The van der Waals surface area contributed by atoms with Crippen molar-refractivity contribution in [3.8, 4) is 0 Å². The minimum atomic E-state index is -3.28. The van der Waals surface area contributed by atoms with E-state index in [1.807, 2.05) is 20.8 Å². The van der Waals surface area contributed by atoms with E-state index in [0.717, 1.165) is 25.7 Å². The molecule has 1 heterocycles. The molecule has 1 unspecified atom stereocenters. The van der Waals surface area contributed by atoms with Crippen LogP contribution in [0.15, 0.2) is 29.2 Å². The SMILES string of the molecule is CC1CN(C(=O)c2ccc(S(=O)(=O)C3CCCC3)cc2)CC(C)(C)O1. The van der Waals surface area contributed by atoms with Crippen molar-refractivity contribution in [3.63, 3.8) is 0 Å². The van der Waals surface area contributed by atoms with Crippen LogP contribution in [0.3, 0.4) is 0 Å². The molecule has 0 bridgehead atoms. The molecule has 6 heteroatoms. The minimum absolute atomic E-state index is 0.0188. The zero-order valence-corrected chi connectivity index (χ0v) is 16.0. The standard InChI is InChI=1S/C19H27NO4S/c1-14-12-20(13-19(2,3)24-14)18(21)15-8-10-17(11-9-15)25(22,23)16-6-4-5-7-16/h8-11,14,16H,4-7,12-13H2,1-3H3. The molecule has 0 spiro atoms. The average Bonchev–Trinajstić information content (AvgIpc) is 3.07. The zero-order valence-electron chi connectivity index (χ0n) is 15.2. The molecule has 0 N–H and O–H groups in total. The molecule has 1 atom stereocenters. The Morgan fingerprint density at radius 2 is 1.76 bits per heavy atom. The van der Waals surface area contributed by atoms with E-state index >= 15 is 0 Å².